The summed E-state index contributed by atoms with van der Waals surface area (Å²) in [6.07, 6.45) is 0.530. The molecule has 6 heteroatoms. The summed E-state index contributed by atoms with van der Waals surface area (Å²) < 4.78 is 12.7. The molecule has 0 saturated heterocycles. The summed E-state index contributed by atoms with van der Waals surface area (Å²) in [6.45, 7) is 0. The van der Waals surface area contributed by atoms with E-state index in [0.717, 1.165) is 0 Å². The molecule has 2 rings (SSSR count). The van der Waals surface area contributed by atoms with E-state index in [9.17, 15) is 9.18 Å². The number of halogens is 2. The molecule has 0 aliphatic carbocycles. The Balaban J connectivity index is 1.89. The van der Waals surface area contributed by atoms with Crippen molar-refractivity contribution in [2.24, 2.45) is 5.16 Å². The third-order valence-electron chi connectivity index (χ3n) is 2.32. The molecule has 2 aromatic rings. The summed E-state index contributed by atoms with van der Waals surface area (Å²) in [4.78, 5) is 16.0. The zero-order valence-corrected chi connectivity index (χ0v) is 11.0. The van der Waals surface area contributed by atoms with Crippen molar-refractivity contribution in [2.75, 3.05) is 5.32 Å². The van der Waals surface area contributed by atoms with E-state index in [1.54, 1.807) is 24.3 Å². The van der Waals surface area contributed by atoms with Crippen LogP contribution in [0.25, 0.3) is 0 Å². The average Bonchev–Trinajstić information content (AvgIpc) is 2.44. The minimum atomic E-state index is -0.767. The fourth-order valence-electron chi connectivity index (χ4n) is 1.38. The quantitative estimate of drug-likeness (QED) is 0.527. The number of hydrogen-bond donors (Lipinski definition) is 1. The lowest BCUT2D eigenvalue weighted by molar-refractivity contribution is 0.167. The Hall–Kier alpha value is -2.40. The predicted octanol–water partition coefficient (Wildman–Crippen LogP) is 4.06. The van der Waals surface area contributed by atoms with Gasteiger partial charge in [0.2, 0.25) is 0 Å². The minimum Gasteiger partial charge on any atom is -0.298 e. The Morgan fingerprint density at radius 3 is 2.60 bits per heavy atom. The molecule has 1 amide bonds. The highest BCUT2D eigenvalue weighted by molar-refractivity contribution is 6.33. The first kappa shape index (κ1) is 14.0. The van der Waals surface area contributed by atoms with Gasteiger partial charge in [0.25, 0.3) is 0 Å². The van der Waals surface area contributed by atoms with Crippen molar-refractivity contribution in [1.29, 1.82) is 0 Å². The molecule has 102 valence electrons. The van der Waals surface area contributed by atoms with Crippen LogP contribution in [0.15, 0.2) is 53.7 Å². The van der Waals surface area contributed by atoms with E-state index in [0.29, 0.717) is 16.3 Å². The number of hydrogen-bond acceptors (Lipinski definition) is 3. The van der Waals surface area contributed by atoms with Gasteiger partial charge in [0.1, 0.15) is 5.82 Å². The van der Waals surface area contributed by atoms with Crippen LogP contribution in [0.2, 0.25) is 5.02 Å². The lowest BCUT2D eigenvalue weighted by atomic mass is 10.2. The molecule has 4 nitrogen and oxygen atoms in total. The molecule has 0 aromatic heterocycles. The third kappa shape index (κ3) is 4.07. The van der Waals surface area contributed by atoms with Gasteiger partial charge in [0.05, 0.1) is 16.9 Å². The van der Waals surface area contributed by atoms with E-state index in [1.807, 2.05) is 0 Å². The second-order valence-corrected chi connectivity index (χ2v) is 4.18. The minimum absolute atomic E-state index is 0.348. The monoisotopic (exact) mass is 292 g/mol. The second-order valence-electron chi connectivity index (χ2n) is 3.77. The van der Waals surface area contributed by atoms with E-state index < -0.39 is 6.09 Å². The maximum atomic E-state index is 12.7. The third-order valence-corrected chi connectivity index (χ3v) is 2.65. The Labute approximate surface area is 119 Å². The van der Waals surface area contributed by atoms with E-state index in [-0.39, 0.29) is 5.82 Å². The average molecular weight is 293 g/mol. The van der Waals surface area contributed by atoms with Gasteiger partial charge in [-0.15, -0.1) is 0 Å². The molecule has 0 aliphatic heterocycles. The maximum Gasteiger partial charge on any atom is 0.437 e. The summed E-state index contributed by atoms with van der Waals surface area (Å²) in [7, 11) is 0. The first-order valence-corrected chi connectivity index (χ1v) is 6.04. The van der Waals surface area contributed by atoms with Crippen LogP contribution in [0.3, 0.4) is 0 Å². The van der Waals surface area contributed by atoms with Crippen molar-refractivity contribution in [3.63, 3.8) is 0 Å². The molecular weight excluding hydrogens is 283 g/mol. The molecule has 0 bridgehead atoms. The number of nitrogens with zero attached hydrogens (tertiary/aromatic N) is 1. The molecule has 20 heavy (non-hydrogen) atoms. The SMILES string of the molecule is O=C(Nc1ccccc1Cl)O/N=C\c1ccc(F)cc1. The number of oxime groups is 1. The maximum absolute atomic E-state index is 12.7. The lowest BCUT2D eigenvalue weighted by Gasteiger charge is -2.03. The van der Waals surface area contributed by atoms with Gasteiger partial charge in [-0.1, -0.05) is 41.0 Å². The van der Waals surface area contributed by atoms with E-state index in [4.69, 9.17) is 11.6 Å². The molecule has 0 unspecified atom stereocenters. The number of nitrogens with one attached hydrogen (secondary N) is 1. The van der Waals surface area contributed by atoms with Gasteiger partial charge in [-0.3, -0.25) is 10.2 Å². The molecule has 0 atom stereocenters. The van der Waals surface area contributed by atoms with Gasteiger partial charge in [-0.05, 0) is 29.8 Å². The van der Waals surface area contributed by atoms with Crippen molar-refractivity contribution in [3.05, 3.63) is 64.9 Å². The largest absolute Gasteiger partial charge is 0.437 e. The van der Waals surface area contributed by atoms with Crippen LogP contribution in [-0.2, 0) is 4.84 Å². The van der Waals surface area contributed by atoms with Gasteiger partial charge in [0.15, 0.2) is 0 Å². The van der Waals surface area contributed by atoms with Crippen molar-refractivity contribution >= 4 is 29.6 Å². The van der Waals surface area contributed by atoms with Crippen LogP contribution in [0.4, 0.5) is 14.9 Å². The number of rotatable bonds is 3. The first-order valence-electron chi connectivity index (χ1n) is 5.66. The molecule has 0 spiro atoms. The topological polar surface area (TPSA) is 50.7 Å². The fourth-order valence-corrected chi connectivity index (χ4v) is 1.56. The lowest BCUT2D eigenvalue weighted by Crippen LogP contribution is -2.11. The Bertz CT molecular complexity index is 629. The van der Waals surface area contributed by atoms with Crippen LogP contribution >= 0.6 is 11.6 Å². The molecule has 0 aliphatic rings. The summed E-state index contributed by atoms with van der Waals surface area (Å²) >= 11 is 5.87. The molecule has 2 aromatic carbocycles. The predicted molar refractivity (Wildman–Crippen MR) is 75.5 cm³/mol. The molecule has 0 fully saturated rings. The number of anilines is 1. The standard InChI is InChI=1S/C14H10ClFN2O2/c15-12-3-1-2-4-13(12)18-14(19)20-17-9-10-5-7-11(16)8-6-10/h1-9H,(H,18,19)/b17-9-. The number of amides is 1. The molecule has 0 heterocycles. The van der Waals surface area contributed by atoms with Crippen molar-refractivity contribution in [2.45, 2.75) is 0 Å². The molecule has 1 N–H and O–H groups in total. The Morgan fingerprint density at radius 2 is 1.90 bits per heavy atom. The summed E-state index contributed by atoms with van der Waals surface area (Å²) in [5.74, 6) is -0.348. The van der Waals surface area contributed by atoms with Gasteiger partial charge in [-0.2, -0.15) is 0 Å². The number of benzene rings is 2. The normalized spacial score (nSPS) is 10.5. The van der Waals surface area contributed by atoms with Crippen molar-refractivity contribution < 1.29 is 14.0 Å². The second kappa shape index (κ2) is 6.68. The smallest absolute Gasteiger partial charge is 0.298 e. The van der Waals surface area contributed by atoms with Gasteiger partial charge < -0.3 is 0 Å². The fraction of sp³-hybridized carbons (Fsp3) is 0. The van der Waals surface area contributed by atoms with E-state index >= 15 is 0 Å². The van der Waals surface area contributed by atoms with Crippen LogP contribution in [0.1, 0.15) is 5.56 Å². The summed E-state index contributed by atoms with van der Waals surface area (Å²) in [6, 6.07) is 12.3. The van der Waals surface area contributed by atoms with Crippen molar-refractivity contribution in [3.8, 4) is 0 Å². The molecule has 0 radical (unpaired) electrons. The number of carbonyl (C=O) groups is 1. The highest BCUT2D eigenvalue weighted by atomic mass is 35.5. The van der Waals surface area contributed by atoms with E-state index in [2.05, 4.69) is 15.3 Å². The van der Waals surface area contributed by atoms with Crippen LogP contribution in [0.5, 0.6) is 0 Å². The zero-order valence-electron chi connectivity index (χ0n) is 10.2. The Morgan fingerprint density at radius 1 is 1.20 bits per heavy atom. The van der Waals surface area contributed by atoms with Crippen LogP contribution in [-0.4, -0.2) is 12.3 Å². The van der Waals surface area contributed by atoms with Crippen molar-refractivity contribution in [1.82, 2.24) is 0 Å². The summed E-state index contributed by atoms with van der Waals surface area (Å²) in [5, 5.41) is 6.33. The van der Waals surface area contributed by atoms with Gasteiger partial charge in [-0.25, -0.2) is 9.18 Å². The van der Waals surface area contributed by atoms with Crippen LogP contribution in [0, 0.1) is 5.82 Å². The van der Waals surface area contributed by atoms with Crippen LogP contribution < -0.4 is 5.32 Å². The molecular formula is C14H10ClFN2O2. The molecule has 0 saturated carbocycles. The Kier molecular flexibility index (Phi) is 4.68. The number of para-hydroxylation sites is 1. The van der Waals surface area contributed by atoms with Gasteiger partial charge >= 0.3 is 6.09 Å². The summed E-state index contributed by atoms with van der Waals surface area (Å²) in [5.41, 5.74) is 1.04. The number of carbonyl (C=O) groups excluding carboxylic acids is 1. The zero-order chi connectivity index (χ0) is 14.4. The highest BCUT2D eigenvalue weighted by Crippen LogP contribution is 2.20. The van der Waals surface area contributed by atoms with Gasteiger partial charge in [0, 0.05) is 0 Å². The first-order chi connectivity index (χ1) is 9.65. The highest BCUT2D eigenvalue weighted by Gasteiger charge is 2.05. The van der Waals surface area contributed by atoms with E-state index in [1.165, 1.54) is 30.5 Å².